The van der Waals surface area contributed by atoms with Gasteiger partial charge in [-0.05, 0) is 24.1 Å². The van der Waals surface area contributed by atoms with Gasteiger partial charge in [0.15, 0.2) is 17.0 Å². The highest BCUT2D eigenvalue weighted by atomic mass is 35.5. The van der Waals surface area contributed by atoms with E-state index in [9.17, 15) is 9.36 Å². The zero-order chi connectivity index (χ0) is 28.9. The van der Waals surface area contributed by atoms with Gasteiger partial charge in [-0.2, -0.15) is 0 Å². The van der Waals surface area contributed by atoms with Crippen LogP contribution in [0, 0.1) is 0 Å². The zero-order valence-corrected chi connectivity index (χ0v) is 25.5. The van der Waals surface area contributed by atoms with E-state index in [1.54, 1.807) is 17.0 Å². The Labute approximate surface area is 247 Å². The van der Waals surface area contributed by atoms with E-state index >= 15 is 0 Å². The molecule has 0 saturated carbocycles. The molecule has 41 heavy (non-hydrogen) atoms. The van der Waals surface area contributed by atoms with Crippen LogP contribution in [0.2, 0.25) is 5.02 Å². The molecule has 12 heteroatoms. The van der Waals surface area contributed by atoms with Gasteiger partial charge in [-0.3, -0.25) is 13.9 Å². The molecule has 1 saturated heterocycles. The minimum Gasteiger partial charge on any atom is -0.367 e. The number of carbonyl (C=O) groups excluding carboxylic acids is 1. The van der Waals surface area contributed by atoms with Gasteiger partial charge in [-0.1, -0.05) is 82.0 Å². The Morgan fingerprint density at radius 3 is 2.68 bits per heavy atom. The maximum Gasteiger partial charge on any atom is 0.356 e. The Morgan fingerprint density at radius 1 is 1.12 bits per heavy atom. The summed E-state index contributed by atoms with van der Waals surface area (Å²) in [5.41, 5.74) is 1.96. The number of nitrogens with one attached hydrogen (secondary N) is 1. The lowest BCUT2D eigenvalue weighted by Crippen LogP contribution is -2.17. The summed E-state index contributed by atoms with van der Waals surface area (Å²) >= 11 is 6.10. The van der Waals surface area contributed by atoms with Gasteiger partial charge in [0.2, 0.25) is 5.91 Å². The molecule has 1 fully saturated rings. The van der Waals surface area contributed by atoms with E-state index in [0.717, 1.165) is 18.4 Å². The minimum absolute atomic E-state index is 0.0703. The fraction of sp³-hybridized carbons (Fsp3) is 0.586. The molecule has 2 atom stereocenters. The smallest absolute Gasteiger partial charge is 0.356 e. The fourth-order valence-corrected chi connectivity index (χ4v) is 6.59. The van der Waals surface area contributed by atoms with Gasteiger partial charge in [0, 0.05) is 24.4 Å². The minimum atomic E-state index is -3.41. The van der Waals surface area contributed by atoms with Crippen LogP contribution >= 0.6 is 19.2 Å². The van der Waals surface area contributed by atoms with E-state index in [0.29, 0.717) is 48.0 Å². The SMILES string of the molecule is CCCCCCCCCCCC(=O)Nc1ncnc2c1ncn2CCOCP1(=O)OCCC(c2cccc(Cl)c2)O1. The van der Waals surface area contributed by atoms with Crippen LogP contribution in [0.3, 0.4) is 0 Å². The Bertz CT molecular complexity index is 1310. The summed E-state index contributed by atoms with van der Waals surface area (Å²) in [5, 5.41) is 3.48. The summed E-state index contributed by atoms with van der Waals surface area (Å²) in [7, 11) is -3.41. The van der Waals surface area contributed by atoms with E-state index < -0.39 is 7.60 Å². The molecule has 3 heterocycles. The number of aromatic nitrogens is 4. The van der Waals surface area contributed by atoms with Crippen molar-refractivity contribution in [2.75, 3.05) is 24.9 Å². The molecule has 0 aliphatic carbocycles. The van der Waals surface area contributed by atoms with Crippen molar-refractivity contribution < 1.29 is 23.1 Å². The summed E-state index contributed by atoms with van der Waals surface area (Å²) in [6, 6.07) is 7.33. The van der Waals surface area contributed by atoms with Crippen LogP contribution in [0.25, 0.3) is 11.2 Å². The molecular formula is C29H41ClN5O5P. The Kier molecular flexibility index (Phi) is 12.6. The summed E-state index contributed by atoms with van der Waals surface area (Å²) in [6.45, 7) is 3.20. The molecule has 0 radical (unpaired) electrons. The van der Waals surface area contributed by atoms with Crippen molar-refractivity contribution in [2.24, 2.45) is 0 Å². The first-order chi connectivity index (χ1) is 20.0. The van der Waals surface area contributed by atoms with Crippen molar-refractivity contribution in [3.63, 3.8) is 0 Å². The standard InChI is InChI=1S/C29H41ClN5O5P/c1-2-3-4-5-6-7-8-9-10-14-26(36)34-28-27-29(32-20-31-28)35(21-33-27)16-18-38-22-41(37)39-17-15-25(40-41)23-12-11-13-24(30)19-23/h11-13,19-21,25H,2-10,14-18,22H2,1H3,(H,31,32,34,36). The van der Waals surface area contributed by atoms with Crippen molar-refractivity contribution in [1.82, 2.24) is 19.5 Å². The van der Waals surface area contributed by atoms with E-state index in [1.807, 2.05) is 18.2 Å². The summed E-state index contributed by atoms with van der Waals surface area (Å²) < 4.78 is 31.9. The lowest BCUT2D eigenvalue weighted by molar-refractivity contribution is -0.116. The molecule has 2 aromatic heterocycles. The topological polar surface area (TPSA) is 117 Å². The first-order valence-corrected chi connectivity index (χ1v) is 16.8. The highest BCUT2D eigenvalue weighted by molar-refractivity contribution is 7.53. The summed E-state index contributed by atoms with van der Waals surface area (Å²) in [5.74, 6) is 0.329. The molecule has 1 aliphatic rings. The second kappa shape index (κ2) is 16.3. The van der Waals surface area contributed by atoms with Gasteiger partial charge in [0.05, 0.1) is 25.6 Å². The van der Waals surface area contributed by atoms with Crippen LogP contribution in [0.1, 0.15) is 89.2 Å². The summed E-state index contributed by atoms with van der Waals surface area (Å²) in [6.07, 6.45) is 14.4. The summed E-state index contributed by atoms with van der Waals surface area (Å²) in [4.78, 5) is 25.5. The number of hydrogen-bond acceptors (Lipinski definition) is 8. The third-order valence-electron chi connectivity index (χ3n) is 7.07. The van der Waals surface area contributed by atoms with Gasteiger partial charge in [-0.15, -0.1) is 0 Å². The molecule has 1 amide bonds. The molecule has 3 aromatic rings. The third kappa shape index (κ3) is 9.86. The third-order valence-corrected chi connectivity index (χ3v) is 8.95. The van der Waals surface area contributed by atoms with Crippen LogP contribution in [-0.2, 0) is 29.7 Å². The number of ether oxygens (including phenoxy) is 1. The second-order valence-electron chi connectivity index (χ2n) is 10.4. The highest BCUT2D eigenvalue weighted by Gasteiger charge is 2.34. The molecule has 2 unspecified atom stereocenters. The first-order valence-electron chi connectivity index (χ1n) is 14.7. The molecule has 224 valence electrons. The predicted octanol–water partition coefficient (Wildman–Crippen LogP) is 7.68. The van der Waals surface area contributed by atoms with Crippen LogP contribution < -0.4 is 5.32 Å². The average molecular weight is 606 g/mol. The molecule has 1 N–H and O–H groups in total. The van der Waals surface area contributed by atoms with Crippen LogP contribution in [0.15, 0.2) is 36.9 Å². The number of imidazole rings is 1. The van der Waals surface area contributed by atoms with E-state index in [2.05, 4.69) is 27.2 Å². The van der Waals surface area contributed by atoms with Gasteiger partial charge < -0.3 is 19.1 Å². The molecule has 0 bridgehead atoms. The fourth-order valence-electron chi connectivity index (χ4n) is 4.84. The zero-order valence-electron chi connectivity index (χ0n) is 23.8. The number of unbranched alkanes of at least 4 members (excludes halogenated alkanes) is 8. The van der Waals surface area contributed by atoms with E-state index in [4.69, 9.17) is 25.4 Å². The number of rotatable bonds is 17. The van der Waals surface area contributed by atoms with E-state index in [-0.39, 0.29) is 25.0 Å². The van der Waals surface area contributed by atoms with Crippen molar-refractivity contribution >= 4 is 42.1 Å². The number of fused-ring (bicyclic) bond motifs is 1. The maximum atomic E-state index is 13.1. The van der Waals surface area contributed by atoms with Gasteiger partial charge >= 0.3 is 7.60 Å². The van der Waals surface area contributed by atoms with Crippen LogP contribution in [-0.4, -0.2) is 45.0 Å². The maximum absolute atomic E-state index is 13.1. The first kappa shape index (κ1) is 31.6. The van der Waals surface area contributed by atoms with Crippen molar-refractivity contribution in [3.05, 3.63) is 47.5 Å². The Balaban J connectivity index is 1.19. The number of halogens is 1. The molecule has 0 spiro atoms. The number of nitrogens with zero attached hydrogens (tertiary/aromatic N) is 4. The normalized spacial score (nSPS) is 19.0. The number of amides is 1. The van der Waals surface area contributed by atoms with Crippen LogP contribution in [0.5, 0.6) is 0 Å². The largest absolute Gasteiger partial charge is 0.367 e. The Morgan fingerprint density at radius 2 is 1.90 bits per heavy atom. The Hall–Kier alpha value is -2.36. The predicted molar refractivity (Wildman–Crippen MR) is 160 cm³/mol. The highest BCUT2D eigenvalue weighted by Crippen LogP contribution is 2.56. The van der Waals surface area contributed by atoms with Gasteiger partial charge in [0.1, 0.15) is 12.7 Å². The second-order valence-corrected chi connectivity index (χ2v) is 12.8. The van der Waals surface area contributed by atoms with Gasteiger partial charge in [0.25, 0.3) is 0 Å². The number of anilines is 1. The molecule has 1 aliphatic heterocycles. The van der Waals surface area contributed by atoms with Crippen molar-refractivity contribution in [3.8, 4) is 0 Å². The molecule has 10 nitrogen and oxygen atoms in total. The lowest BCUT2D eigenvalue weighted by Gasteiger charge is -2.30. The lowest BCUT2D eigenvalue weighted by atomic mass is 10.1. The quantitative estimate of drug-likeness (QED) is 0.123. The van der Waals surface area contributed by atoms with Crippen molar-refractivity contribution in [1.29, 1.82) is 0 Å². The molecule has 1 aromatic carbocycles. The van der Waals surface area contributed by atoms with E-state index in [1.165, 1.54) is 51.3 Å². The molecule has 4 rings (SSSR count). The van der Waals surface area contributed by atoms with Crippen molar-refractivity contribution in [2.45, 2.75) is 90.2 Å². The van der Waals surface area contributed by atoms with Crippen LogP contribution in [0.4, 0.5) is 5.82 Å². The van der Waals surface area contributed by atoms with Gasteiger partial charge in [-0.25, -0.2) is 15.0 Å². The number of hydrogen-bond donors (Lipinski definition) is 1. The average Bonchev–Trinajstić information content (AvgIpc) is 3.38. The monoisotopic (exact) mass is 605 g/mol. The number of carbonyl (C=O) groups is 1. The number of benzene rings is 1. The molecular weight excluding hydrogens is 565 g/mol.